The van der Waals surface area contributed by atoms with Crippen LogP contribution in [-0.2, 0) is 6.54 Å². The number of hydrogen-bond donors (Lipinski definition) is 0. The van der Waals surface area contributed by atoms with Crippen LogP contribution in [0.3, 0.4) is 0 Å². The molecule has 0 saturated heterocycles. The number of halogens is 1. The third-order valence-electron chi connectivity index (χ3n) is 2.54. The van der Waals surface area contributed by atoms with Crippen molar-refractivity contribution >= 4 is 22.6 Å². The molecule has 0 spiro atoms. The summed E-state index contributed by atoms with van der Waals surface area (Å²) in [6.45, 7) is 0.634. The summed E-state index contributed by atoms with van der Waals surface area (Å²) in [4.78, 5) is 1.69. The van der Waals surface area contributed by atoms with E-state index in [2.05, 4.69) is 10.2 Å². The van der Waals surface area contributed by atoms with Gasteiger partial charge in [-0.05, 0) is 29.8 Å². The highest BCUT2D eigenvalue weighted by atomic mass is 35.5. The maximum Gasteiger partial charge on any atom is 0.113 e. The summed E-state index contributed by atoms with van der Waals surface area (Å²) < 4.78 is 0. The Kier molecular flexibility index (Phi) is 2.53. The summed E-state index contributed by atoms with van der Waals surface area (Å²) in [5.41, 5.74) is 2.92. The second-order valence-electron chi connectivity index (χ2n) is 3.85. The summed E-state index contributed by atoms with van der Waals surface area (Å²) in [6.07, 6.45) is 0. The first-order valence-electron chi connectivity index (χ1n) is 5.35. The highest BCUT2D eigenvalue weighted by Gasteiger charge is 2.02. The molecule has 17 heavy (non-hydrogen) atoms. The standard InChI is InChI=1S/C13H10ClN3/c14-11-5-3-4-10(8-11)9-17-15-12-6-1-2-7-13(12)16-17/h1-8H,9H2. The molecular weight excluding hydrogens is 234 g/mol. The molecule has 0 N–H and O–H groups in total. The van der Waals surface area contributed by atoms with Crippen LogP contribution < -0.4 is 0 Å². The van der Waals surface area contributed by atoms with Crippen molar-refractivity contribution in [2.45, 2.75) is 6.54 Å². The largest absolute Gasteiger partial charge is 0.179 e. The predicted molar refractivity (Wildman–Crippen MR) is 68.1 cm³/mol. The molecular formula is C13H10ClN3. The maximum absolute atomic E-state index is 5.94. The van der Waals surface area contributed by atoms with Crippen molar-refractivity contribution in [1.82, 2.24) is 15.0 Å². The minimum atomic E-state index is 0.634. The molecule has 0 amide bonds. The Morgan fingerprint density at radius 1 is 0.941 bits per heavy atom. The van der Waals surface area contributed by atoms with Gasteiger partial charge in [0.05, 0.1) is 6.54 Å². The molecule has 3 aromatic rings. The Balaban J connectivity index is 1.94. The summed E-state index contributed by atoms with van der Waals surface area (Å²) in [7, 11) is 0. The molecule has 0 bridgehead atoms. The lowest BCUT2D eigenvalue weighted by atomic mass is 10.2. The van der Waals surface area contributed by atoms with E-state index in [0.29, 0.717) is 6.54 Å². The van der Waals surface area contributed by atoms with E-state index >= 15 is 0 Å². The molecule has 0 aliphatic rings. The number of benzene rings is 2. The third kappa shape index (κ3) is 2.15. The van der Waals surface area contributed by atoms with Crippen LogP contribution in [0.4, 0.5) is 0 Å². The van der Waals surface area contributed by atoms with Gasteiger partial charge in [-0.3, -0.25) is 0 Å². The Bertz CT molecular complexity index is 627. The highest BCUT2D eigenvalue weighted by Crippen LogP contribution is 2.12. The lowest BCUT2D eigenvalue weighted by molar-refractivity contribution is 0.600. The zero-order valence-electron chi connectivity index (χ0n) is 9.05. The SMILES string of the molecule is Clc1cccc(Cn2nc3ccccc3n2)c1. The first-order valence-corrected chi connectivity index (χ1v) is 5.73. The molecule has 0 aliphatic carbocycles. The van der Waals surface area contributed by atoms with E-state index in [-0.39, 0.29) is 0 Å². The fourth-order valence-corrected chi connectivity index (χ4v) is 1.99. The molecule has 1 heterocycles. The fourth-order valence-electron chi connectivity index (χ4n) is 1.77. The molecule has 0 radical (unpaired) electrons. The van der Waals surface area contributed by atoms with E-state index in [4.69, 9.17) is 11.6 Å². The lowest BCUT2D eigenvalue weighted by Gasteiger charge is -2.00. The Morgan fingerprint density at radius 3 is 2.29 bits per heavy atom. The van der Waals surface area contributed by atoms with Crippen LogP contribution in [0.25, 0.3) is 11.0 Å². The van der Waals surface area contributed by atoms with E-state index in [9.17, 15) is 0 Å². The second kappa shape index (κ2) is 4.18. The van der Waals surface area contributed by atoms with Gasteiger partial charge in [-0.1, -0.05) is 35.9 Å². The van der Waals surface area contributed by atoms with Gasteiger partial charge in [0.25, 0.3) is 0 Å². The zero-order valence-corrected chi connectivity index (χ0v) is 9.80. The van der Waals surface area contributed by atoms with Crippen molar-refractivity contribution in [1.29, 1.82) is 0 Å². The smallest absolute Gasteiger partial charge is 0.113 e. The van der Waals surface area contributed by atoms with Gasteiger partial charge in [-0.25, -0.2) is 0 Å². The molecule has 1 aromatic heterocycles. The fraction of sp³-hybridized carbons (Fsp3) is 0.0769. The van der Waals surface area contributed by atoms with E-state index in [1.807, 2.05) is 48.5 Å². The van der Waals surface area contributed by atoms with Gasteiger partial charge in [0.2, 0.25) is 0 Å². The van der Waals surface area contributed by atoms with Gasteiger partial charge in [0.15, 0.2) is 0 Å². The van der Waals surface area contributed by atoms with Crippen molar-refractivity contribution in [2.75, 3.05) is 0 Å². The van der Waals surface area contributed by atoms with Crippen LogP contribution >= 0.6 is 11.6 Å². The minimum absolute atomic E-state index is 0.634. The van der Waals surface area contributed by atoms with Gasteiger partial charge in [-0.2, -0.15) is 15.0 Å². The number of nitrogens with zero attached hydrogens (tertiary/aromatic N) is 3. The van der Waals surface area contributed by atoms with Crippen LogP contribution in [0, 0.1) is 0 Å². The normalized spacial score (nSPS) is 10.9. The Morgan fingerprint density at radius 2 is 1.65 bits per heavy atom. The van der Waals surface area contributed by atoms with Gasteiger partial charge < -0.3 is 0 Å². The monoisotopic (exact) mass is 243 g/mol. The molecule has 4 heteroatoms. The van der Waals surface area contributed by atoms with E-state index < -0.39 is 0 Å². The third-order valence-corrected chi connectivity index (χ3v) is 2.78. The van der Waals surface area contributed by atoms with Gasteiger partial charge in [0.1, 0.15) is 11.0 Å². The van der Waals surface area contributed by atoms with E-state index in [0.717, 1.165) is 21.6 Å². The average Bonchev–Trinajstić information content (AvgIpc) is 2.71. The molecule has 3 rings (SSSR count). The van der Waals surface area contributed by atoms with E-state index in [1.165, 1.54) is 0 Å². The molecule has 0 aliphatic heterocycles. The molecule has 3 nitrogen and oxygen atoms in total. The summed E-state index contributed by atoms with van der Waals surface area (Å²) >= 11 is 5.94. The van der Waals surface area contributed by atoms with Crippen LogP contribution in [0.1, 0.15) is 5.56 Å². The van der Waals surface area contributed by atoms with Crippen molar-refractivity contribution in [3.8, 4) is 0 Å². The Labute approximate surface area is 104 Å². The van der Waals surface area contributed by atoms with Gasteiger partial charge in [-0.15, -0.1) is 0 Å². The average molecular weight is 244 g/mol. The Hall–Kier alpha value is -1.87. The van der Waals surface area contributed by atoms with Gasteiger partial charge in [0, 0.05) is 5.02 Å². The summed E-state index contributed by atoms with van der Waals surface area (Å²) in [6, 6.07) is 15.6. The first kappa shape index (κ1) is 10.3. The van der Waals surface area contributed by atoms with E-state index in [1.54, 1.807) is 4.80 Å². The van der Waals surface area contributed by atoms with Gasteiger partial charge >= 0.3 is 0 Å². The highest BCUT2D eigenvalue weighted by molar-refractivity contribution is 6.30. The summed E-state index contributed by atoms with van der Waals surface area (Å²) in [5, 5.41) is 9.54. The topological polar surface area (TPSA) is 30.7 Å². The van der Waals surface area contributed by atoms with Crippen LogP contribution in [-0.4, -0.2) is 15.0 Å². The second-order valence-corrected chi connectivity index (χ2v) is 4.29. The molecule has 0 saturated carbocycles. The van der Waals surface area contributed by atoms with Crippen molar-refractivity contribution in [2.24, 2.45) is 0 Å². The number of hydrogen-bond acceptors (Lipinski definition) is 2. The molecule has 0 fully saturated rings. The van der Waals surface area contributed by atoms with Crippen LogP contribution in [0.15, 0.2) is 48.5 Å². The predicted octanol–water partition coefficient (Wildman–Crippen LogP) is 3.13. The lowest BCUT2D eigenvalue weighted by Crippen LogP contribution is -2.03. The number of rotatable bonds is 2. The molecule has 2 aromatic carbocycles. The van der Waals surface area contributed by atoms with Crippen molar-refractivity contribution < 1.29 is 0 Å². The summed E-state index contributed by atoms with van der Waals surface area (Å²) in [5.74, 6) is 0. The molecule has 0 atom stereocenters. The molecule has 0 unspecified atom stereocenters. The van der Waals surface area contributed by atoms with Crippen molar-refractivity contribution in [3.05, 3.63) is 59.1 Å². The molecule has 84 valence electrons. The van der Waals surface area contributed by atoms with Crippen LogP contribution in [0.5, 0.6) is 0 Å². The minimum Gasteiger partial charge on any atom is -0.179 e. The maximum atomic E-state index is 5.94. The quantitative estimate of drug-likeness (QED) is 0.692. The first-order chi connectivity index (χ1) is 8.31. The number of fused-ring (bicyclic) bond motifs is 1. The van der Waals surface area contributed by atoms with Crippen LogP contribution in [0.2, 0.25) is 5.02 Å². The zero-order chi connectivity index (χ0) is 11.7. The van der Waals surface area contributed by atoms with Crippen molar-refractivity contribution in [3.63, 3.8) is 0 Å². The number of aromatic nitrogens is 3.